The minimum Gasteiger partial charge on any atom is -0.329 e. The zero-order valence-electron chi connectivity index (χ0n) is 13.1. The Morgan fingerprint density at radius 2 is 1.76 bits per heavy atom. The molecule has 1 aromatic carbocycles. The average molecular weight is 286 g/mol. The molecule has 0 bridgehead atoms. The van der Waals surface area contributed by atoms with Crippen molar-refractivity contribution in [1.82, 2.24) is 4.90 Å². The van der Waals surface area contributed by atoms with Gasteiger partial charge in [0.1, 0.15) is 6.54 Å². The number of rotatable bonds is 1. The summed E-state index contributed by atoms with van der Waals surface area (Å²) in [5.74, 6) is -0.0375. The van der Waals surface area contributed by atoms with Gasteiger partial charge in [-0.2, -0.15) is 0 Å². The third-order valence-electron chi connectivity index (χ3n) is 5.57. The molecule has 0 unspecified atom stereocenters. The number of carbonyl (C=O) groups excluding carboxylic acids is 2. The molecule has 1 aliphatic carbocycles. The number of nitrogens with zero attached hydrogens (tertiary/aromatic N) is 1. The highest BCUT2D eigenvalue weighted by molar-refractivity contribution is 5.97. The van der Waals surface area contributed by atoms with Gasteiger partial charge in [-0.3, -0.25) is 9.59 Å². The molecule has 21 heavy (non-hydrogen) atoms. The molecule has 0 radical (unpaired) electrons. The minimum absolute atomic E-state index is 0.00756. The first kappa shape index (κ1) is 14.1. The largest absolute Gasteiger partial charge is 0.329 e. The molecule has 0 atom stereocenters. The number of anilines is 1. The van der Waals surface area contributed by atoms with Gasteiger partial charge in [0.25, 0.3) is 0 Å². The fourth-order valence-corrected chi connectivity index (χ4v) is 3.56. The SMILES string of the molecule is CC1(C)C(C(=O)N2CC(=O)Nc3ccccc3C2)C1(C)C. The number of hydrogen-bond acceptors (Lipinski definition) is 2. The third kappa shape index (κ3) is 2.04. The van der Waals surface area contributed by atoms with Gasteiger partial charge in [-0.15, -0.1) is 0 Å². The van der Waals surface area contributed by atoms with Gasteiger partial charge < -0.3 is 10.2 Å². The number of hydrogen-bond donors (Lipinski definition) is 1. The maximum absolute atomic E-state index is 12.8. The molecule has 112 valence electrons. The second-order valence-corrected chi connectivity index (χ2v) is 7.28. The smallest absolute Gasteiger partial charge is 0.244 e. The van der Waals surface area contributed by atoms with Gasteiger partial charge >= 0.3 is 0 Å². The van der Waals surface area contributed by atoms with Crippen LogP contribution in [-0.4, -0.2) is 23.3 Å². The number of carbonyl (C=O) groups is 2. The molecule has 3 rings (SSSR count). The summed E-state index contributed by atoms with van der Waals surface area (Å²) in [6.45, 7) is 9.14. The topological polar surface area (TPSA) is 49.4 Å². The quantitative estimate of drug-likeness (QED) is 0.863. The molecule has 0 aromatic heterocycles. The van der Waals surface area contributed by atoms with Crippen molar-refractivity contribution >= 4 is 17.5 Å². The maximum atomic E-state index is 12.8. The van der Waals surface area contributed by atoms with Gasteiger partial charge in [-0.05, 0) is 22.5 Å². The molecule has 1 N–H and O–H groups in total. The lowest BCUT2D eigenvalue weighted by Gasteiger charge is -2.20. The Hall–Kier alpha value is -1.84. The normalized spacial score (nSPS) is 23.0. The Balaban J connectivity index is 1.87. The van der Waals surface area contributed by atoms with E-state index in [-0.39, 0.29) is 35.1 Å². The van der Waals surface area contributed by atoms with Crippen LogP contribution in [0.5, 0.6) is 0 Å². The van der Waals surface area contributed by atoms with Crippen molar-refractivity contribution in [3.05, 3.63) is 29.8 Å². The fourth-order valence-electron chi connectivity index (χ4n) is 3.56. The van der Waals surface area contributed by atoms with E-state index in [4.69, 9.17) is 0 Å². The maximum Gasteiger partial charge on any atom is 0.244 e. The van der Waals surface area contributed by atoms with Crippen LogP contribution in [0.3, 0.4) is 0 Å². The highest BCUT2D eigenvalue weighted by Gasteiger charge is 2.68. The van der Waals surface area contributed by atoms with Crippen molar-refractivity contribution < 1.29 is 9.59 Å². The Bertz CT molecular complexity index is 605. The Kier molecular flexibility index (Phi) is 2.91. The second kappa shape index (κ2) is 4.33. The summed E-state index contributed by atoms with van der Waals surface area (Å²) in [5, 5.41) is 2.88. The molecule has 1 heterocycles. The van der Waals surface area contributed by atoms with Crippen molar-refractivity contribution in [2.45, 2.75) is 34.2 Å². The van der Waals surface area contributed by atoms with E-state index in [1.54, 1.807) is 4.90 Å². The molecule has 0 spiro atoms. The fraction of sp³-hybridized carbons (Fsp3) is 0.529. The minimum atomic E-state index is -0.121. The highest BCUT2D eigenvalue weighted by Crippen LogP contribution is 2.68. The first-order valence-electron chi connectivity index (χ1n) is 7.41. The zero-order valence-corrected chi connectivity index (χ0v) is 13.1. The lowest BCUT2D eigenvalue weighted by Crippen LogP contribution is -2.37. The van der Waals surface area contributed by atoms with Gasteiger partial charge in [0.05, 0.1) is 0 Å². The standard InChI is InChI=1S/C17H22N2O2/c1-16(2)14(17(16,3)4)15(21)19-9-11-7-5-6-8-12(11)18-13(20)10-19/h5-8,14H,9-10H2,1-4H3,(H,18,20). The van der Waals surface area contributed by atoms with Crippen LogP contribution >= 0.6 is 0 Å². The van der Waals surface area contributed by atoms with Crippen molar-refractivity contribution in [3.8, 4) is 0 Å². The van der Waals surface area contributed by atoms with Crippen molar-refractivity contribution in [1.29, 1.82) is 0 Å². The zero-order chi connectivity index (χ0) is 15.4. The van der Waals surface area contributed by atoms with E-state index in [0.717, 1.165) is 11.3 Å². The second-order valence-electron chi connectivity index (χ2n) is 7.28. The van der Waals surface area contributed by atoms with Crippen LogP contribution in [0.15, 0.2) is 24.3 Å². The van der Waals surface area contributed by atoms with Gasteiger partial charge in [0.15, 0.2) is 0 Å². The van der Waals surface area contributed by atoms with E-state index in [9.17, 15) is 9.59 Å². The third-order valence-corrected chi connectivity index (χ3v) is 5.57. The summed E-state index contributed by atoms with van der Waals surface area (Å²) in [4.78, 5) is 26.6. The van der Waals surface area contributed by atoms with E-state index < -0.39 is 0 Å². The van der Waals surface area contributed by atoms with Crippen molar-refractivity contribution in [3.63, 3.8) is 0 Å². The van der Waals surface area contributed by atoms with Gasteiger partial charge in [0.2, 0.25) is 11.8 Å². The van der Waals surface area contributed by atoms with Crippen LogP contribution < -0.4 is 5.32 Å². The van der Waals surface area contributed by atoms with Crippen LogP contribution in [0.25, 0.3) is 0 Å². The summed E-state index contributed by atoms with van der Waals surface area (Å²) >= 11 is 0. The summed E-state index contributed by atoms with van der Waals surface area (Å²) in [5.41, 5.74) is 1.79. The summed E-state index contributed by atoms with van der Waals surface area (Å²) in [6.07, 6.45) is 0. The van der Waals surface area contributed by atoms with Gasteiger partial charge in [-0.25, -0.2) is 0 Å². The molecule has 1 aliphatic heterocycles. The lowest BCUT2D eigenvalue weighted by molar-refractivity contribution is -0.137. The van der Waals surface area contributed by atoms with Crippen molar-refractivity contribution in [2.24, 2.45) is 16.7 Å². The molecule has 4 nitrogen and oxygen atoms in total. The van der Waals surface area contributed by atoms with Crippen LogP contribution in [-0.2, 0) is 16.1 Å². The van der Waals surface area contributed by atoms with E-state index in [1.807, 2.05) is 24.3 Å². The molecule has 2 amide bonds. The molecule has 4 heteroatoms. The first-order valence-corrected chi connectivity index (χ1v) is 7.41. The highest BCUT2D eigenvalue weighted by atomic mass is 16.2. The molecule has 1 saturated carbocycles. The van der Waals surface area contributed by atoms with E-state index in [2.05, 4.69) is 33.0 Å². The van der Waals surface area contributed by atoms with Crippen LogP contribution in [0.4, 0.5) is 5.69 Å². The summed E-state index contributed by atoms with van der Waals surface area (Å²) in [6, 6.07) is 7.67. The Labute approximate surface area is 125 Å². The molecule has 2 aliphatic rings. The molecular weight excluding hydrogens is 264 g/mol. The molecule has 1 fully saturated rings. The van der Waals surface area contributed by atoms with E-state index in [0.29, 0.717) is 6.54 Å². The van der Waals surface area contributed by atoms with Crippen molar-refractivity contribution in [2.75, 3.05) is 11.9 Å². The summed E-state index contributed by atoms with van der Waals surface area (Å²) in [7, 11) is 0. The number of benzene rings is 1. The Morgan fingerprint density at radius 3 is 2.38 bits per heavy atom. The first-order chi connectivity index (χ1) is 9.75. The summed E-state index contributed by atoms with van der Waals surface area (Å²) < 4.78 is 0. The van der Waals surface area contributed by atoms with E-state index in [1.165, 1.54) is 0 Å². The number of amides is 2. The predicted octanol–water partition coefficient (Wildman–Crippen LogP) is 2.65. The van der Waals surface area contributed by atoms with Gasteiger partial charge in [-0.1, -0.05) is 45.9 Å². The molecule has 0 saturated heterocycles. The number of para-hydroxylation sites is 1. The monoisotopic (exact) mass is 286 g/mol. The average Bonchev–Trinajstić information content (AvgIpc) is 2.88. The molecule has 1 aromatic rings. The van der Waals surface area contributed by atoms with Crippen LogP contribution in [0, 0.1) is 16.7 Å². The van der Waals surface area contributed by atoms with Crippen LogP contribution in [0.2, 0.25) is 0 Å². The van der Waals surface area contributed by atoms with Gasteiger partial charge in [0, 0.05) is 18.2 Å². The number of nitrogens with one attached hydrogen (secondary N) is 1. The number of fused-ring (bicyclic) bond motifs is 1. The predicted molar refractivity (Wildman–Crippen MR) is 81.5 cm³/mol. The van der Waals surface area contributed by atoms with Crippen LogP contribution in [0.1, 0.15) is 33.3 Å². The van der Waals surface area contributed by atoms with E-state index >= 15 is 0 Å². The Morgan fingerprint density at radius 1 is 1.14 bits per heavy atom. The molecular formula is C17H22N2O2. The lowest BCUT2D eigenvalue weighted by atomic mass is 10.0.